The molecule has 0 aromatic carbocycles. The Labute approximate surface area is 117 Å². The number of allylic oxidation sites excluding steroid dienone is 8. The zero-order chi connectivity index (χ0) is 10.4. The van der Waals surface area contributed by atoms with Crippen LogP contribution in [-0.4, -0.2) is 21.2 Å². The van der Waals surface area contributed by atoms with Crippen LogP contribution in [0.3, 0.4) is 0 Å². The van der Waals surface area contributed by atoms with E-state index in [1.807, 2.05) is 12.2 Å². The monoisotopic (exact) mass is 432 g/mol. The Balaban J connectivity index is -0.000000216. The second-order valence-corrected chi connectivity index (χ2v) is 24.0. The van der Waals surface area contributed by atoms with Crippen molar-refractivity contribution in [1.29, 1.82) is 0 Å². The third-order valence-electron chi connectivity index (χ3n) is 2.09. The molecule has 0 radical (unpaired) electrons. The molecule has 80 valence electrons. The fourth-order valence-electron chi connectivity index (χ4n) is 1.26. The summed E-state index contributed by atoms with van der Waals surface area (Å²) in [7, 11) is 0. The fraction of sp³-hybridized carbons (Fsp3) is 0.385. The van der Waals surface area contributed by atoms with Gasteiger partial charge in [-0.15, -0.1) is 6.42 Å². The summed E-state index contributed by atoms with van der Waals surface area (Å²) >= 11 is -1.79. The van der Waals surface area contributed by atoms with Gasteiger partial charge in [0.2, 0.25) is 0 Å². The Bertz CT molecular complexity index is 289. The normalized spacial score (nSPS) is 16.9. The van der Waals surface area contributed by atoms with E-state index in [9.17, 15) is 0 Å². The van der Waals surface area contributed by atoms with E-state index in [-0.39, 0.29) is 24.6 Å². The SMILES string of the molecule is [C-]1=CC=CC1.[CH3][Pb]([CH3])([CH3])[C]1=[C-]CC=C1.[H-].[H-].[Ti+4]. The van der Waals surface area contributed by atoms with Crippen molar-refractivity contribution in [3.63, 3.8) is 0 Å². The van der Waals surface area contributed by atoms with Crippen molar-refractivity contribution in [3.8, 4) is 0 Å². The van der Waals surface area contributed by atoms with E-state index in [0.717, 1.165) is 12.8 Å². The second kappa shape index (κ2) is 7.80. The molecule has 0 aliphatic heterocycles. The topological polar surface area (TPSA) is 0 Å². The molecule has 0 fully saturated rings. The quantitative estimate of drug-likeness (QED) is 0.434. The van der Waals surface area contributed by atoms with E-state index in [2.05, 4.69) is 43.8 Å². The summed E-state index contributed by atoms with van der Waals surface area (Å²) in [6.07, 6.45) is 18.9. The predicted octanol–water partition coefficient (Wildman–Crippen LogP) is 4.08. The van der Waals surface area contributed by atoms with Crippen LogP contribution in [0.2, 0.25) is 13.4 Å². The Hall–Kier alpha value is 0.596. The van der Waals surface area contributed by atoms with Crippen molar-refractivity contribution < 1.29 is 24.6 Å². The molecule has 2 aliphatic carbocycles. The zero-order valence-electron chi connectivity index (χ0n) is 11.8. The van der Waals surface area contributed by atoms with Crippen LogP contribution in [0.1, 0.15) is 15.7 Å². The molecule has 2 rings (SSSR count). The summed E-state index contributed by atoms with van der Waals surface area (Å²) in [6.45, 7) is 0. The van der Waals surface area contributed by atoms with Gasteiger partial charge in [-0.2, -0.15) is 6.08 Å². The Morgan fingerprint density at radius 1 is 1.20 bits per heavy atom. The molecule has 2 heteroatoms. The minimum Gasteiger partial charge on any atom is -1.00 e. The van der Waals surface area contributed by atoms with E-state index in [1.54, 1.807) is 3.13 Å². The van der Waals surface area contributed by atoms with Gasteiger partial charge in [0.25, 0.3) is 0 Å². The molecule has 0 spiro atoms. The average molecular weight is 431 g/mol. The van der Waals surface area contributed by atoms with Crippen LogP contribution >= 0.6 is 0 Å². The van der Waals surface area contributed by atoms with Crippen LogP contribution in [0.15, 0.2) is 33.5 Å². The molecule has 0 atom stereocenters. The van der Waals surface area contributed by atoms with Crippen molar-refractivity contribution >= 4 is 21.2 Å². The molecule has 0 aromatic rings. The third-order valence-corrected chi connectivity index (χ3v) is 9.71. The van der Waals surface area contributed by atoms with Gasteiger partial charge in [-0.3, -0.25) is 6.08 Å². The summed E-state index contributed by atoms with van der Waals surface area (Å²) in [5.41, 5.74) is 0. The first kappa shape index (κ1) is 15.6. The minimum atomic E-state index is -1.79. The summed E-state index contributed by atoms with van der Waals surface area (Å²) in [5, 5.41) is 0. The average Bonchev–Trinajstić information content (AvgIpc) is 2.80. The zero-order valence-corrected chi connectivity index (χ0v) is 15.2. The minimum absolute atomic E-state index is 0. The molecule has 0 bridgehead atoms. The van der Waals surface area contributed by atoms with Crippen molar-refractivity contribution in [2.45, 2.75) is 26.3 Å². The summed E-state index contributed by atoms with van der Waals surface area (Å²) < 4.78 is 8.88. The second-order valence-electron chi connectivity index (χ2n) is 4.45. The molecule has 0 N–H and O–H groups in total. The Morgan fingerprint density at radius 2 is 1.93 bits per heavy atom. The number of hydrogen-bond donors (Lipinski definition) is 0. The van der Waals surface area contributed by atoms with Gasteiger partial charge >= 0.3 is 84.1 Å². The van der Waals surface area contributed by atoms with Gasteiger partial charge < -0.3 is 2.85 Å². The maximum atomic E-state index is 3.40. The molecule has 0 heterocycles. The van der Waals surface area contributed by atoms with Crippen LogP contribution in [0.5, 0.6) is 0 Å². The molecular formula is C13H20PbTi. The standard InChI is InChI=1S/C5H5.C5H4.3CH3.Pb.Ti.2H/c2*1-2-4-5-3-1;;;;;;;/h1-3H,4H2;1-2H,3H2;3*1H3;;;;/q2*-1;;;;;+4;2*-1. The molecule has 0 unspecified atom stereocenters. The van der Waals surface area contributed by atoms with Crippen LogP contribution in [0.25, 0.3) is 0 Å². The molecule has 2 aliphatic rings. The summed E-state index contributed by atoms with van der Waals surface area (Å²) in [5.74, 6) is 0. The van der Waals surface area contributed by atoms with Gasteiger partial charge in [-0.05, 0) is 0 Å². The van der Waals surface area contributed by atoms with Crippen molar-refractivity contribution in [1.82, 2.24) is 0 Å². The van der Waals surface area contributed by atoms with Crippen LogP contribution in [0, 0.1) is 12.2 Å². The molecule has 0 saturated carbocycles. The summed E-state index contributed by atoms with van der Waals surface area (Å²) in [4.78, 5) is 0. The van der Waals surface area contributed by atoms with E-state index in [1.165, 1.54) is 0 Å². The van der Waals surface area contributed by atoms with Gasteiger partial charge in [-0.1, -0.05) is 0 Å². The van der Waals surface area contributed by atoms with Crippen LogP contribution in [0.4, 0.5) is 0 Å². The van der Waals surface area contributed by atoms with Gasteiger partial charge in [0.1, 0.15) is 0 Å². The fourth-order valence-corrected chi connectivity index (χ4v) is 6.12. The van der Waals surface area contributed by atoms with Gasteiger partial charge in [-0.25, -0.2) is 12.2 Å². The molecular weight excluding hydrogens is 411 g/mol. The molecule has 0 aromatic heterocycles. The van der Waals surface area contributed by atoms with Crippen molar-refractivity contribution in [2.24, 2.45) is 0 Å². The Morgan fingerprint density at radius 3 is 2.13 bits per heavy atom. The summed E-state index contributed by atoms with van der Waals surface area (Å²) in [6, 6.07) is 0. The van der Waals surface area contributed by atoms with Crippen LogP contribution < -0.4 is 0 Å². The first-order chi connectivity index (χ1) is 6.61. The number of rotatable bonds is 1. The third kappa shape index (κ3) is 6.70. The van der Waals surface area contributed by atoms with E-state index in [0.29, 0.717) is 0 Å². The van der Waals surface area contributed by atoms with E-state index >= 15 is 0 Å². The van der Waals surface area contributed by atoms with E-state index < -0.39 is 21.2 Å². The van der Waals surface area contributed by atoms with E-state index in [4.69, 9.17) is 0 Å². The Kier molecular flexibility index (Phi) is 8.11. The first-order valence-electron chi connectivity index (χ1n) is 5.10. The molecule has 0 nitrogen and oxygen atoms in total. The van der Waals surface area contributed by atoms with Crippen LogP contribution in [-0.2, 0) is 21.7 Å². The molecule has 0 saturated heterocycles. The first-order valence-corrected chi connectivity index (χ1v) is 18.7. The maximum absolute atomic E-state index is 3.40. The molecule has 0 amide bonds. The number of hydrogen-bond acceptors (Lipinski definition) is 0. The van der Waals surface area contributed by atoms with Crippen molar-refractivity contribution in [3.05, 3.63) is 45.7 Å². The van der Waals surface area contributed by atoms with Crippen molar-refractivity contribution in [2.75, 3.05) is 0 Å². The smallest absolute Gasteiger partial charge is 1.00 e. The van der Waals surface area contributed by atoms with Gasteiger partial charge in [0.05, 0.1) is 0 Å². The largest absolute Gasteiger partial charge is 4.00 e. The van der Waals surface area contributed by atoms with Gasteiger partial charge in [0.15, 0.2) is 0 Å². The molecule has 15 heavy (non-hydrogen) atoms. The van der Waals surface area contributed by atoms with Gasteiger partial charge in [0, 0.05) is 0 Å². The predicted molar refractivity (Wildman–Crippen MR) is 67.7 cm³/mol. The maximum Gasteiger partial charge on any atom is 4.00 e.